The number of aromatic nitrogens is 8. The van der Waals surface area contributed by atoms with Crippen molar-refractivity contribution in [3.63, 3.8) is 0 Å². The van der Waals surface area contributed by atoms with Crippen LogP contribution in [0.3, 0.4) is 0 Å². The number of hydrogen-bond donors (Lipinski definition) is 1. The Morgan fingerprint density at radius 1 is 0.513 bits per heavy atom. The van der Waals surface area contributed by atoms with E-state index in [4.69, 9.17) is 9.97 Å². The highest BCUT2D eigenvalue weighted by Gasteiger charge is 2.39. The van der Waals surface area contributed by atoms with Crippen LogP contribution in [0.2, 0.25) is 0 Å². The van der Waals surface area contributed by atoms with Gasteiger partial charge in [-0.25, -0.2) is 32.3 Å². The highest BCUT2D eigenvalue weighted by atomic mass is 32.2. The summed E-state index contributed by atoms with van der Waals surface area (Å²) in [6.07, 6.45) is 15.6. The number of rotatable bonds is 14. The molecular weight excluding hydrogens is 961 g/mol. The summed E-state index contributed by atoms with van der Waals surface area (Å²) in [5.74, 6) is 1.77. The molecule has 2 aliphatic carbocycles. The van der Waals surface area contributed by atoms with Crippen molar-refractivity contribution in [2.45, 2.75) is 101 Å². The molecule has 0 radical (unpaired) electrons. The summed E-state index contributed by atoms with van der Waals surface area (Å²) in [5.41, 5.74) is 13.7. The second-order valence-corrected chi connectivity index (χ2v) is 23.1. The molecule has 13 rings (SSSR count). The molecule has 0 aliphatic heterocycles. The standard InChI is InChI=1S/C35H35N5O2S.C28H29N5/c1-25-13-15-30(16-14-25)43(41,42)39-18-17-32-35(39)37-22-34-36-21-33(40(32)34)31-20-29(19-26(31)2)38(23-27-9-5-3-6-10-27)24-28-11-7-4-8-12-28;1-20-14-23(32(18-21-8-4-2-5-9-21)19-22-10-6-3-7-11-22)15-24(20)26-16-30-27-17-31-28-25(33(26)27)12-13-29-28/h3-18,21-22,26,29,31H,19-20,23-24H2,1-2H3;2-13,16-17,20,23-24,29H,14-15,18-19H2,1H3. The zero-order chi connectivity index (χ0) is 51.8. The normalized spacial score (nSPS) is 19.9. The fourth-order valence-corrected chi connectivity index (χ4v) is 13.6. The van der Waals surface area contributed by atoms with E-state index in [1.165, 1.54) is 38.3 Å². The molecule has 13 heteroatoms. The van der Waals surface area contributed by atoms with E-state index < -0.39 is 10.0 Å². The summed E-state index contributed by atoms with van der Waals surface area (Å²) in [7, 11) is -3.80. The van der Waals surface area contributed by atoms with Gasteiger partial charge >= 0.3 is 0 Å². The summed E-state index contributed by atoms with van der Waals surface area (Å²) >= 11 is 0. The number of fused-ring (bicyclic) bond motifs is 6. The van der Waals surface area contributed by atoms with Crippen LogP contribution in [0.1, 0.15) is 90.6 Å². The van der Waals surface area contributed by atoms with E-state index in [-0.39, 0.29) is 10.8 Å². The molecule has 1 N–H and O–H groups in total. The molecule has 0 saturated heterocycles. The summed E-state index contributed by atoms with van der Waals surface area (Å²) < 4.78 is 32.9. The van der Waals surface area contributed by atoms with Gasteiger partial charge in [-0.2, -0.15) is 0 Å². The van der Waals surface area contributed by atoms with E-state index in [1.807, 2.05) is 43.7 Å². The van der Waals surface area contributed by atoms with Gasteiger partial charge in [0.1, 0.15) is 0 Å². The molecule has 12 nitrogen and oxygen atoms in total. The molecule has 6 unspecified atom stereocenters. The van der Waals surface area contributed by atoms with Crippen LogP contribution in [-0.4, -0.2) is 68.0 Å². The van der Waals surface area contributed by atoms with Gasteiger partial charge in [-0.15, -0.1) is 0 Å². The number of H-pyrrole nitrogens is 1. The average molecular weight is 1030 g/mol. The van der Waals surface area contributed by atoms with Gasteiger partial charge in [0.15, 0.2) is 22.6 Å². The summed E-state index contributed by atoms with van der Waals surface area (Å²) in [6.45, 7) is 10.4. The highest BCUT2D eigenvalue weighted by Crippen LogP contribution is 2.45. The lowest BCUT2D eigenvalue weighted by atomic mass is 9.95. The molecule has 6 heterocycles. The van der Waals surface area contributed by atoms with Gasteiger partial charge in [-0.3, -0.25) is 18.6 Å². The minimum Gasteiger partial charge on any atom is -0.345 e. The van der Waals surface area contributed by atoms with Gasteiger partial charge in [-0.1, -0.05) is 153 Å². The average Bonchev–Trinajstić information content (AvgIpc) is 4.37. The molecule has 6 aromatic heterocycles. The number of nitrogens with one attached hydrogen (secondary N) is 1. The quantitative estimate of drug-likeness (QED) is 0.114. The lowest BCUT2D eigenvalue weighted by molar-refractivity contribution is 0.176. The molecule has 384 valence electrons. The second-order valence-electron chi connectivity index (χ2n) is 21.3. The molecular formula is C63H64N10O2S. The van der Waals surface area contributed by atoms with E-state index in [2.05, 4.69) is 181 Å². The fraction of sp³-hybridized carbons (Fsp3) is 0.270. The Kier molecular flexibility index (Phi) is 13.7. The Morgan fingerprint density at radius 2 is 0.961 bits per heavy atom. The van der Waals surface area contributed by atoms with Gasteiger partial charge in [0.25, 0.3) is 10.0 Å². The molecule has 6 atom stereocenters. The predicted molar refractivity (Wildman–Crippen MR) is 301 cm³/mol. The van der Waals surface area contributed by atoms with Crippen molar-refractivity contribution >= 4 is 43.6 Å². The van der Waals surface area contributed by atoms with Gasteiger partial charge in [-0.05, 0) is 91.0 Å². The number of nitrogens with zero attached hydrogens (tertiary/aromatic N) is 9. The maximum Gasteiger partial charge on any atom is 0.269 e. The van der Waals surface area contributed by atoms with Crippen molar-refractivity contribution in [3.8, 4) is 0 Å². The van der Waals surface area contributed by atoms with Crippen LogP contribution in [0.5, 0.6) is 0 Å². The Labute approximate surface area is 444 Å². The van der Waals surface area contributed by atoms with E-state index in [0.29, 0.717) is 35.5 Å². The van der Waals surface area contributed by atoms with Crippen LogP contribution >= 0.6 is 0 Å². The van der Waals surface area contributed by atoms with Crippen molar-refractivity contribution in [3.05, 3.63) is 234 Å². The number of hydrogen-bond acceptors (Lipinski definition) is 8. The first kappa shape index (κ1) is 49.2. The van der Waals surface area contributed by atoms with Gasteiger partial charge in [0, 0.05) is 86.3 Å². The zero-order valence-corrected chi connectivity index (χ0v) is 44.2. The molecule has 2 fully saturated rings. The van der Waals surface area contributed by atoms with Crippen LogP contribution < -0.4 is 0 Å². The smallest absolute Gasteiger partial charge is 0.269 e. The van der Waals surface area contributed by atoms with Crippen molar-refractivity contribution in [1.82, 2.24) is 47.5 Å². The minimum atomic E-state index is -3.80. The topological polar surface area (TPSA) is 122 Å². The highest BCUT2D eigenvalue weighted by molar-refractivity contribution is 7.90. The first-order chi connectivity index (χ1) is 37.1. The first-order valence-electron chi connectivity index (χ1n) is 26.7. The van der Waals surface area contributed by atoms with E-state index >= 15 is 0 Å². The number of aromatic amines is 1. The Morgan fingerprint density at radius 3 is 1.43 bits per heavy atom. The second kappa shape index (κ2) is 21.1. The monoisotopic (exact) mass is 1020 g/mol. The number of benzene rings is 5. The third kappa shape index (κ3) is 9.86. The molecule has 0 bridgehead atoms. The molecule has 76 heavy (non-hydrogen) atoms. The maximum atomic E-state index is 13.6. The number of imidazole rings is 2. The van der Waals surface area contributed by atoms with E-state index in [1.54, 1.807) is 24.5 Å². The van der Waals surface area contributed by atoms with Crippen LogP contribution in [0.25, 0.3) is 33.6 Å². The molecule has 2 saturated carbocycles. The summed E-state index contributed by atoms with van der Waals surface area (Å²) in [4.78, 5) is 27.3. The molecule has 2 aliphatic rings. The lowest BCUT2D eigenvalue weighted by Crippen LogP contribution is -2.32. The molecule has 5 aromatic carbocycles. The Bertz CT molecular complexity index is 3750. The van der Waals surface area contributed by atoms with Crippen molar-refractivity contribution in [2.75, 3.05) is 0 Å². The van der Waals surface area contributed by atoms with Crippen LogP contribution in [0, 0.1) is 18.8 Å². The Balaban J connectivity index is 0.000000159. The number of aryl methyl sites for hydroxylation is 1. The SMILES string of the molecule is CC1CC(N(Cc2ccccc2)Cc2ccccc2)CC1c1cnc2cnc3[nH]ccc3n12.Cc1ccc(S(=O)(=O)n2ccc3c2ncc2ncc(C4CC(N(Cc5ccccc5)Cc5ccccc5)CC4C)n23)cc1. The van der Waals surface area contributed by atoms with Gasteiger partial charge < -0.3 is 4.98 Å². The van der Waals surface area contributed by atoms with Crippen molar-refractivity contribution in [1.29, 1.82) is 0 Å². The third-order valence-electron chi connectivity index (χ3n) is 16.2. The predicted octanol–water partition coefficient (Wildman–Crippen LogP) is 12.6. The fourth-order valence-electron chi connectivity index (χ4n) is 12.3. The van der Waals surface area contributed by atoms with Crippen molar-refractivity contribution in [2.24, 2.45) is 11.8 Å². The zero-order valence-electron chi connectivity index (χ0n) is 43.3. The largest absolute Gasteiger partial charge is 0.345 e. The maximum absolute atomic E-state index is 13.6. The van der Waals surface area contributed by atoms with E-state index in [9.17, 15) is 8.42 Å². The lowest BCUT2D eigenvalue weighted by Gasteiger charge is -2.29. The summed E-state index contributed by atoms with van der Waals surface area (Å²) in [6, 6.07) is 54.9. The molecule has 0 amide bonds. The van der Waals surface area contributed by atoms with Gasteiger partial charge in [0.05, 0.1) is 28.3 Å². The third-order valence-corrected chi connectivity index (χ3v) is 17.9. The first-order valence-corrected chi connectivity index (χ1v) is 28.2. The minimum absolute atomic E-state index is 0.243. The Hall–Kier alpha value is -7.71. The summed E-state index contributed by atoms with van der Waals surface area (Å²) in [5, 5.41) is 0. The van der Waals surface area contributed by atoms with Crippen LogP contribution in [0.15, 0.2) is 200 Å². The van der Waals surface area contributed by atoms with Crippen LogP contribution in [-0.2, 0) is 36.2 Å². The van der Waals surface area contributed by atoms with Crippen LogP contribution in [0.4, 0.5) is 0 Å². The van der Waals surface area contributed by atoms with Crippen molar-refractivity contribution < 1.29 is 8.42 Å². The van der Waals surface area contributed by atoms with Gasteiger partial charge in [0.2, 0.25) is 0 Å². The molecule has 11 aromatic rings. The molecule has 0 spiro atoms. The van der Waals surface area contributed by atoms with E-state index in [0.717, 1.165) is 84.7 Å².